The van der Waals surface area contributed by atoms with E-state index in [2.05, 4.69) is 52.0 Å². The van der Waals surface area contributed by atoms with Crippen LogP contribution in [0.1, 0.15) is 59.9 Å². The highest BCUT2D eigenvalue weighted by Gasteiger charge is 2.26. The number of carboxylic acid groups (broad SMARTS) is 1. The van der Waals surface area contributed by atoms with Crippen molar-refractivity contribution in [2.45, 2.75) is 19.4 Å². The molecule has 65 heavy (non-hydrogen) atoms. The summed E-state index contributed by atoms with van der Waals surface area (Å²) in [5, 5.41) is 63.1. The number of ether oxygens (including phenoxy) is 2. The number of nitrogens with one attached hydrogen (secondary N) is 6. The van der Waals surface area contributed by atoms with Gasteiger partial charge in [-0.3, -0.25) is 24.0 Å². The third kappa shape index (κ3) is 10.9. The highest BCUT2D eigenvalue weighted by atomic mass is 16.5. The number of phenolic OH excluding ortho intramolecular Hbond substituents is 2. The fourth-order valence-corrected chi connectivity index (χ4v) is 6.01. The summed E-state index contributed by atoms with van der Waals surface area (Å²) in [7, 11) is 2.34. The van der Waals surface area contributed by atoms with Crippen LogP contribution in [-0.2, 0) is 16.0 Å². The van der Waals surface area contributed by atoms with E-state index >= 15 is 0 Å². The zero-order valence-electron chi connectivity index (χ0n) is 34.4. The lowest BCUT2D eigenvalue weighted by molar-refractivity contribution is -0.118. The summed E-state index contributed by atoms with van der Waals surface area (Å²) in [6.07, 6.45) is 5.39. The van der Waals surface area contributed by atoms with E-state index in [1.807, 2.05) is 0 Å². The number of carbonyl (C=O) groups is 6. The fraction of sp³-hybridized carbons (Fsp3) is 0.116. The van der Waals surface area contributed by atoms with Gasteiger partial charge in [-0.15, -0.1) is 0 Å². The number of phenols is 3. The number of anilines is 4. The number of carboxylic acids is 1. The second kappa shape index (κ2) is 20.0. The molecular weight excluding hydrogens is 849 g/mol. The summed E-state index contributed by atoms with van der Waals surface area (Å²) >= 11 is 0. The highest BCUT2D eigenvalue weighted by Crippen LogP contribution is 2.40. The minimum absolute atomic E-state index is 0.0543. The molecule has 10 N–H and O–H groups in total. The number of aromatic carboxylic acids is 1. The average Bonchev–Trinajstić information content (AvgIpc) is 3.80. The monoisotopic (exact) mass is 886 g/mol. The van der Waals surface area contributed by atoms with Crippen LogP contribution in [0.15, 0.2) is 97.0 Å². The Morgan fingerprint density at radius 3 is 1.80 bits per heavy atom. The normalized spacial score (nSPS) is 11.4. The number of aromatic nitrogens is 5. The predicted molar refractivity (Wildman–Crippen MR) is 231 cm³/mol. The number of methoxy groups -OCH3 is 2. The van der Waals surface area contributed by atoms with Crippen LogP contribution in [0, 0.1) is 0 Å². The second-order valence-corrected chi connectivity index (χ2v) is 13.7. The molecule has 6 rings (SSSR count). The molecule has 22 heteroatoms. The number of aromatic hydroxyl groups is 3. The summed E-state index contributed by atoms with van der Waals surface area (Å²) < 4.78 is 10.3. The van der Waals surface area contributed by atoms with Gasteiger partial charge < -0.3 is 56.5 Å². The van der Waals surface area contributed by atoms with Crippen molar-refractivity contribution in [3.63, 3.8) is 0 Å². The maximum atomic E-state index is 13.5. The molecule has 0 bridgehead atoms. The van der Waals surface area contributed by atoms with Gasteiger partial charge in [-0.05, 0) is 79.2 Å². The second-order valence-electron chi connectivity index (χ2n) is 13.7. The van der Waals surface area contributed by atoms with Gasteiger partial charge in [-0.2, -0.15) is 15.4 Å². The number of hydrogen-bond acceptors (Lipinski definition) is 15. The molecular formula is C43H38N10O12. The van der Waals surface area contributed by atoms with Gasteiger partial charge in [0, 0.05) is 12.0 Å². The van der Waals surface area contributed by atoms with E-state index in [4.69, 9.17) is 9.47 Å². The van der Waals surface area contributed by atoms with E-state index in [1.54, 1.807) is 25.1 Å². The molecule has 0 aliphatic carbocycles. The van der Waals surface area contributed by atoms with Crippen molar-refractivity contribution >= 4 is 64.3 Å². The van der Waals surface area contributed by atoms with E-state index < -0.39 is 58.6 Å². The summed E-state index contributed by atoms with van der Waals surface area (Å²) in [4.78, 5) is 85.6. The van der Waals surface area contributed by atoms with Crippen LogP contribution in [0.5, 0.6) is 28.7 Å². The minimum Gasteiger partial charge on any atom is -0.508 e. The number of nitrogens with zero attached hydrogens (tertiary/aromatic N) is 4. The van der Waals surface area contributed by atoms with Gasteiger partial charge in [-0.1, -0.05) is 12.1 Å². The number of hydrogen-bond donors (Lipinski definition) is 10. The Bertz CT molecular complexity index is 2800. The Kier molecular flexibility index (Phi) is 13.9. The molecule has 6 aromatic rings. The third-order valence-electron chi connectivity index (χ3n) is 9.29. The molecule has 3 aromatic carbocycles. The molecule has 0 saturated carbocycles. The molecule has 22 nitrogen and oxygen atoms in total. The van der Waals surface area contributed by atoms with E-state index in [-0.39, 0.29) is 57.7 Å². The number of H-pyrrole nitrogens is 1. The van der Waals surface area contributed by atoms with Gasteiger partial charge in [0.25, 0.3) is 23.6 Å². The first-order valence-corrected chi connectivity index (χ1v) is 19.0. The van der Waals surface area contributed by atoms with E-state index in [0.717, 1.165) is 13.2 Å². The van der Waals surface area contributed by atoms with Gasteiger partial charge in [0.15, 0.2) is 23.0 Å². The molecule has 3 aromatic heterocycles. The number of pyridine rings is 2. The fourth-order valence-electron chi connectivity index (χ4n) is 6.01. The van der Waals surface area contributed by atoms with Gasteiger partial charge in [0.05, 0.1) is 66.8 Å². The summed E-state index contributed by atoms with van der Waals surface area (Å²) in [5.74, 6) is -6.86. The van der Waals surface area contributed by atoms with Gasteiger partial charge in [0.1, 0.15) is 28.7 Å². The Labute approximate surface area is 367 Å². The maximum absolute atomic E-state index is 13.5. The quantitative estimate of drug-likeness (QED) is 0.0615. The van der Waals surface area contributed by atoms with Gasteiger partial charge >= 0.3 is 5.97 Å². The minimum atomic E-state index is -1.43. The number of rotatable bonds is 16. The van der Waals surface area contributed by atoms with Crippen LogP contribution in [-0.4, -0.2) is 102 Å². The molecule has 1 unspecified atom stereocenters. The largest absolute Gasteiger partial charge is 0.508 e. The Balaban J connectivity index is 1.08. The van der Waals surface area contributed by atoms with Crippen molar-refractivity contribution in [2.75, 3.05) is 35.5 Å². The zero-order chi connectivity index (χ0) is 46.8. The number of benzene rings is 3. The van der Waals surface area contributed by atoms with Crippen LogP contribution in [0.25, 0.3) is 6.08 Å². The predicted octanol–water partition coefficient (Wildman–Crippen LogP) is 3.95. The van der Waals surface area contributed by atoms with E-state index in [0.29, 0.717) is 22.5 Å². The van der Waals surface area contributed by atoms with Crippen LogP contribution >= 0.6 is 0 Å². The van der Waals surface area contributed by atoms with Crippen LogP contribution in [0.4, 0.5) is 22.7 Å². The first kappa shape index (κ1) is 45.2. The van der Waals surface area contributed by atoms with Crippen molar-refractivity contribution in [2.24, 2.45) is 0 Å². The van der Waals surface area contributed by atoms with Crippen molar-refractivity contribution in [1.82, 2.24) is 30.7 Å². The summed E-state index contributed by atoms with van der Waals surface area (Å²) in [6, 6.07) is 15.3. The summed E-state index contributed by atoms with van der Waals surface area (Å²) in [6.45, 7) is 1.61. The maximum Gasteiger partial charge on any atom is 0.339 e. The Morgan fingerprint density at radius 2 is 1.25 bits per heavy atom. The van der Waals surface area contributed by atoms with Gasteiger partial charge in [-0.25, -0.2) is 14.8 Å². The van der Waals surface area contributed by atoms with Crippen molar-refractivity contribution < 1.29 is 58.7 Å². The van der Waals surface area contributed by atoms with Gasteiger partial charge in [0.2, 0.25) is 5.91 Å². The first-order chi connectivity index (χ1) is 31.1. The number of carbonyl (C=O) groups excluding carboxylic acids is 5. The lowest BCUT2D eigenvalue weighted by atomic mass is 10.1. The molecule has 0 aliphatic heterocycles. The molecule has 0 fully saturated rings. The molecule has 0 spiro atoms. The summed E-state index contributed by atoms with van der Waals surface area (Å²) in [5.41, 5.74) is 0.729. The number of aromatic amines is 1. The van der Waals surface area contributed by atoms with Crippen molar-refractivity contribution in [3.05, 3.63) is 131 Å². The molecule has 0 aliphatic rings. The first-order valence-electron chi connectivity index (χ1n) is 19.0. The van der Waals surface area contributed by atoms with E-state index in [1.165, 1.54) is 80.3 Å². The molecule has 5 amide bonds. The molecule has 3 heterocycles. The van der Waals surface area contributed by atoms with Crippen LogP contribution in [0.3, 0.4) is 0 Å². The number of amides is 5. The molecule has 1 atom stereocenters. The standard InChI is InChI=1S/C43H38N10O12/c1-21(16-22-4-8-26(54)9-5-22)38(57)47-23-6-12-32(44-18-23)41(60)51-33(17-25-20-46-53-52-25)42(61)48-24-7-13-31(45-19-24)40(59)50-30-14-10-27(34(55)36(30)64-2)39(58)49-29-15-11-28(43(62)63)35(56)37(29)65-3/h4-16,18-20,33,54-56H,17H2,1-3H3,(H,47,57)(H,48,61)(H,49,58)(H,50,59)(H,51,60)(H,62,63)(H,46,52,53)/b21-16+. The molecule has 0 radical (unpaired) electrons. The lowest BCUT2D eigenvalue weighted by Crippen LogP contribution is -2.45. The van der Waals surface area contributed by atoms with Crippen molar-refractivity contribution in [1.29, 1.82) is 0 Å². The Hall–Kier alpha value is -9.34. The average molecular weight is 887 g/mol. The van der Waals surface area contributed by atoms with Crippen molar-refractivity contribution in [3.8, 4) is 28.7 Å². The molecule has 332 valence electrons. The Morgan fingerprint density at radius 1 is 0.677 bits per heavy atom. The van der Waals surface area contributed by atoms with Crippen LogP contribution < -0.4 is 36.1 Å². The highest BCUT2D eigenvalue weighted by molar-refractivity contribution is 6.10. The SMILES string of the molecule is COc1c(NC(=O)c2ccc(NC(=O)c3ccc(NC(=O)C(Cc4cn[nH]n4)NC(=O)c4ccc(NC(=O)/C(C)=C/c5ccc(O)cc5)cn4)cn3)c(OC)c2O)ccc(C(=O)O)c1O. The smallest absolute Gasteiger partial charge is 0.339 e. The van der Waals surface area contributed by atoms with E-state index in [9.17, 15) is 49.2 Å². The zero-order valence-corrected chi connectivity index (χ0v) is 34.4. The topological polar surface area (TPSA) is 329 Å². The lowest BCUT2D eigenvalue weighted by Gasteiger charge is -2.18. The molecule has 0 saturated heterocycles. The van der Waals surface area contributed by atoms with Crippen LogP contribution in [0.2, 0.25) is 0 Å². The third-order valence-corrected chi connectivity index (χ3v) is 9.29.